The predicted molar refractivity (Wildman–Crippen MR) is 77.9 cm³/mol. The molecule has 0 saturated carbocycles. The summed E-state index contributed by atoms with van der Waals surface area (Å²) in [5.74, 6) is 0. The third-order valence-corrected chi connectivity index (χ3v) is 10.1. The smallest absolute Gasteiger partial charge is 0.395 e. The molecule has 0 bridgehead atoms. The predicted octanol–water partition coefficient (Wildman–Crippen LogP) is 1.92. The van der Waals surface area contributed by atoms with Crippen molar-refractivity contribution in [3.05, 3.63) is 0 Å². The molecule has 0 aliphatic rings. The Bertz CT molecular complexity index is 219. The molecule has 0 aliphatic heterocycles. The van der Waals surface area contributed by atoms with Gasteiger partial charge in [0.2, 0.25) is 0 Å². The highest BCUT2D eigenvalue weighted by atomic mass is 28.4. The molecule has 0 aromatic rings. The molecule has 0 fully saturated rings. The van der Waals surface area contributed by atoms with Gasteiger partial charge >= 0.3 is 17.3 Å². The highest BCUT2D eigenvalue weighted by Gasteiger charge is 2.43. The van der Waals surface area contributed by atoms with Crippen LogP contribution in [0.2, 0.25) is 18.6 Å². The minimum atomic E-state index is -2.28. The fourth-order valence-electron chi connectivity index (χ4n) is 2.06. The van der Waals surface area contributed by atoms with Crippen molar-refractivity contribution in [1.29, 1.82) is 0 Å². The molecule has 0 spiro atoms. The van der Waals surface area contributed by atoms with E-state index in [9.17, 15) is 0 Å². The topological polar surface area (TPSA) is 40.2 Å². The van der Waals surface area contributed by atoms with Gasteiger partial charge in [0.25, 0.3) is 0 Å². The van der Waals surface area contributed by atoms with Gasteiger partial charge < -0.3 is 17.7 Å². The average molecular weight is 296 g/mol. The first-order valence-electron chi connectivity index (χ1n) is 6.45. The number of hydrogen-bond donors (Lipinski definition) is 0. The van der Waals surface area contributed by atoms with E-state index in [0.29, 0.717) is 13.2 Å². The molecule has 0 aliphatic carbocycles. The van der Waals surface area contributed by atoms with Crippen LogP contribution in [0, 0.1) is 0 Å². The molecule has 5 nitrogen and oxygen atoms in total. The van der Waals surface area contributed by atoms with Gasteiger partial charge in [0.15, 0.2) is 0 Å². The molecule has 110 valence electrons. The van der Waals surface area contributed by atoms with Gasteiger partial charge in [-0.15, -0.1) is 0 Å². The Morgan fingerprint density at radius 1 is 0.889 bits per heavy atom. The molecule has 0 unspecified atom stereocenters. The lowest BCUT2D eigenvalue weighted by Crippen LogP contribution is -2.55. The first-order valence-corrected chi connectivity index (χ1v) is 10.9. The highest BCUT2D eigenvalue weighted by Crippen LogP contribution is 2.24. The standard InChI is InChI=1S/C11H29NO4Si2/c1-8-15-17(7,16-9-2)10-11-18(13-5,14-6)12(3)4/h8-11H2,1-7H3. The maximum absolute atomic E-state index is 5.84. The zero-order chi connectivity index (χ0) is 14.2. The zero-order valence-electron chi connectivity index (χ0n) is 12.9. The summed E-state index contributed by atoms with van der Waals surface area (Å²) in [6, 6.07) is 1.75. The quantitative estimate of drug-likeness (QED) is 0.576. The molecule has 0 N–H and O–H groups in total. The van der Waals surface area contributed by atoms with Crippen LogP contribution >= 0.6 is 0 Å². The van der Waals surface area contributed by atoms with Crippen LogP contribution in [0.15, 0.2) is 0 Å². The molecule has 0 atom stereocenters. The third kappa shape index (κ3) is 5.08. The molecular weight excluding hydrogens is 266 g/mol. The Balaban J connectivity index is 4.65. The Hall–Kier alpha value is 0.234. The first kappa shape index (κ1) is 18.2. The maximum atomic E-state index is 5.84. The van der Waals surface area contributed by atoms with E-state index in [1.54, 1.807) is 14.2 Å². The van der Waals surface area contributed by atoms with E-state index < -0.39 is 17.3 Å². The summed E-state index contributed by atoms with van der Waals surface area (Å²) < 4.78 is 25.1. The lowest BCUT2D eigenvalue weighted by atomic mass is 10.9. The fourth-order valence-corrected chi connectivity index (χ4v) is 8.48. The Morgan fingerprint density at radius 2 is 1.33 bits per heavy atom. The van der Waals surface area contributed by atoms with E-state index in [0.717, 1.165) is 12.1 Å². The second-order valence-corrected chi connectivity index (χ2v) is 11.5. The van der Waals surface area contributed by atoms with Gasteiger partial charge in [0.1, 0.15) is 0 Å². The largest absolute Gasteiger partial charge is 0.426 e. The van der Waals surface area contributed by atoms with Crippen molar-refractivity contribution in [2.75, 3.05) is 41.5 Å². The van der Waals surface area contributed by atoms with Crippen LogP contribution in [-0.4, -0.2) is 63.4 Å². The van der Waals surface area contributed by atoms with Gasteiger partial charge in [-0.3, -0.25) is 4.57 Å². The van der Waals surface area contributed by atoms with Gasteiger partial charge in [-0.05, 0) is 40.5 Å². The zero-order valence-corrected chi connectivity index (χ0v) is 14.9. The van der Waals surface area contributed by atoms with Crippen LogP contribution < -0.4 is 0 Å². The van der Waals surface area contributed by atoms with Crippen LogP contribution in [0.3, 0.4) is 0 Å². The maximum Gasteiger partial charge on any atom is 0.426 e. The summed E-state index contributed by atoms with van der Waals surface area (Å²) >= 11 is 0. The van der Waals surface area contributed by atoms with Crippen LogP contribution in [-0.2, 0) is 17.7 Å². The van der Waals surface area contributed by atoms with Crippen LogP contribution in [0.25, 0.3) is 0 Å². The molecule has 0 amide bonds. The summed E-state index contributed by atoms with van der Waals surface area (Å²) in [4.78, 5) is 0. The molecule has 0 saturated heterocycles. The van der Waals surface area contributed by atoms with Gasteiger partial charge in [-0.1, -0.05) is 0 Å². The first-order chi connectivity index (χ1) is 8.39. The van der Waals surface area contributed by atoms with Crippen molar-refractivity contribution in [3.63, 3.8) is 0 Å². The molecule has 0 aromatic heterocycles. The number of nitrogens with zero attached hydrogens (tertiary/aromatic N) is 1. The fraction of sp³-hybridized carbons (Fsp3) is 1.00. The summed E-state index contributed by atoms with van der Waals surface area (Å²) in [7, 11) is 3.07. The highest BCUT2D eigenvalue weighted by molar-refractivity contribution is 6.70. The van der Waals surface area contributed by atoms with Crippen LogP contribution in [0.5, 0.6) is 0 Å². The SMILES string of the molecule is CCO[Si](C)(CC[Si](OC)(OC)N(C)C)OCC. The van der Waals surface area contributed by atoms with Crippen molar-refractivity contribution in [2.24, 2.45) is 0 Å². The summed E-state index contributed by atoms with van der Waals surface area (Å²) in [6.45, 7) is 7.51. The minimum absolute atomic E-state index is 0.694. The Morgan fingerprint density at radius 3 is 1.61 bits per heavy atom. The van der Waals surface area contributed by atoms with Crippen molar-refractivity contribution >= 4 is 17.3 Å². The lowest BCUT2D eigenvalue weighted by Gasteiger charge is -2.35. The number of rotatable bonds is 10. The number of hydrogen-bond acceptors (Lipinski definition) is 5. The summed E-state index contributed by atoms with van der Waals surface area (Å²) in [5, 5.41) is 0. The van der Waals surface area contributed by atoms with Crippen LogP contribution in [0.1, 0.15) is 13.8 Å². The average Bonchev–Trinajstić information content (AvgIpc) is 2.31. The minimum Gasteiger partial charge on any atom is -0.395 e. The Labute approximate surface area is 114 Å². The van der Waals surface area contributed by atoms with E-state index in [-0.39, 0.29) is 0 Å². The monoisotopic (exact) mass is 295 g/mol. The molecular formula is C11H29NO4Si2. The molecule has 0 aromatic carbocycles. The third-order valence-electron chi connectivity index (χ3n) is 3.11. The van der Waals surface area contributed by atoms with Crippen molar-refractivity contribution in [2.45, 2.75) is 32.5 Å². The van der Waals surface area contributed by atoms with Crippen LogP contribution in [0.4, 0.5) is 0 Å². The van der Waals surface area contributed by atoms with E-state index in [1.165, 1.54) is 0 Å². The van der Waals surface area contributed by atoms with Gasteiger partial charge in [-0.25, -0.2) is 0 Å². The summed E-state index contributed by atoms with van der Waals surface area (Å²) in [6.07, 6.45) is 0. The Kier molecular flexibility index (Phi) is 8.52. The van der Waals surface area contributed by atoms with Gasteiger partial charge in [0.05, 0.1) is 0 Å². The lowest BCUT2D eigenvalue weighted by molar-refractivity contribution is 0.175. The molecule has 0 radical (unpaired) electrons. The molecule has 0 heterocycles. The van der Waals surface area contributed by atoms with Gasteiger partial charge in [0, 0.05) is 33.5 Å². The second kappa shape index (κ2) is 8.41. The molecule has 0 rings (SSSR count). The van der Waals surface area contributed by atoms with Crippen molar-refractivity contribution in [3.8, 4) is 0 Å². The van der Waals surface area contributed by atoms with Crippen molar-refractivity contribution in [1.82, 2.24) is 4.57 Å². The molecule has 7 heteroatoms. The normalized spacial score (nSPS) is 13.3. The molecule has 18 heavy (non-hydrogen) atoms. The van der Waals surface area contributed by atoms with E-state index in [1.807, 2.05) is 27.9 Å². The van der Waals surface area contributed by atoms with E-state index in [2.05, 4.69) is 11.1 Å². The second-order valence-electron chi connectivity index (χ2n) is 4.52. The summed E-state index contributed by atoms with van der Waals surface area (Å²) in [5.41, 5.74) is 0. The van der Waals surface area contributed by atoms with E-state index >= 15 is 0 Å². The van der Waals surface area contributed by atoms with Crippen molar-refractivity contribution < 1.29 is 17.7 Å². The van der Waals surface area contributed by atoms with Gasteiger partial charge in [-0.2, -0.15) is 0 Å². The van der Waals surface area contributed by atoms with E-state index in [4.69, 9.17) is 17.7 Å².